The van der Waals surface area contributed by atoms with Crippen LogP contribution in [0.4, 0.5) is 17.2 Å². The highest BCUT2D eigenvalue weighted by atomic mass is 79.9. The van der Waals surface area contributed by atoms with Gasteiger partial charge >= 0.3 is 5.97 Å². The van der Waals surface area contributed by atoms with Crippen LogP contribution in [0.5, 0.6) is 0 Å². The Balaban J connectivity index is 2.29. The Morgan fingerprint density at radius 2 is 2.20 bits per heavy atom. The van der Waals surface area contributed by atoms with Crippen molar-refractivity contribution < 1.29 is 9.53 Å². The van der Waals surface area contributed by atoms with Crippen molar-refractivity contribution in [3.63, 3.8) is 0 Å². The molecule has 0 radical (unpaired) electrons. The molecule has 0 bridgehead atoms. The summed E-state index contributed by atoms with van der Waals surface area (Å²) in [5, 5.41) is 3.61. The molecule has 1 aromatic heterocycles. The fourth-order valence-electron chi connectivity index (χ4n) is 1.54. The molecule has 0 spiro atoms. The maximum Gasteiger partial charge on any atom is 0.340 e. The molecule has 0 fully saturated rings. The minimum Gasteiger partial charge on any atom is -0.465 e. The van der Waals surface area contributed by atoms with E-state index >= 15 is 0 Å². The van der Waals surface area contributed by atoms with Crippen molar-refractivity contribution in [1.82, 2.24) is 4.98 Å². The molecule has 7 heteroatoms. The van der Waals surface area contributed by atoms with Crippen molar-refractivity contribution in [3.05, 3.63) is 45.5 Å². The zero-order valence-corrected chi connectivity index (χ0v) is 12.8. The van der Waals surface area contributed by atoms with Gasteiger partial charge in [-0.05, 0) is 40.2 Å². The predicted molar refractivity (Wildman–Crippen MR) is 82.4 cm³/mol. The number of rotatable bonds is 3. The number of nitrogen functional groups attached to an aromatic ring is 1. The van der Waals surface area contributed by atoms with E-state index in [0.717, 1.165) is 10.2 Å². The number of aromatic nitrogens is 1. The minimum absolute atomic E-state index is 0.258. The molecule has 104 valence electrons. The topological polar surface area (TPSA) is 77.2 Å². The van der Waals surface area contributed by atoms with Gasteiger partial charge < -0.3 is 15.8 Å². The summed E-state index contributed by atoms with van der Waals surface area (Å²) in [7, 11) is 1.30. The quantitative estimate of drug-likeness (QED) is 0.822. The third kappa shape index (κ3) is 3.20. The van der Waals surface area contributed by atoms with E-state index in [9.17, 15) is 4.79 Å². The lowest BCUT2D eigenvalue weighted by atomic mass is 10.2. The number of pyridine rings is 1. The van der Waals surface area contributed by atoms with E-state index in [1.807, 2.05) is 12.1 Å². The van der Waals surface area contributed by atoms with E-state index in [1.54, 1.807) is 6.07 Å². The lowest BCUT2D eigenvalue weighted by molar-refractivity contribution is 0.0602. The summed E-state index contributed by atoms with van der Waals surface area (Å²) >= 11 is 9.32. The van der Waals surface area contributed by atoms with Gasteiger partial charge in [0.2, 0.25) is 0 Å². The average Bonchev–Trinajstić information content (AvgIpc) is 2.44. The summed E-state index contributed by atoms with van der Waals surface area (Å²) < 4.78 is 5.45. The first-order valence-corrected chi connectivity index (χ1v) is 6.74. The monoisotopic (exact) mass is 355 g/mol. The van der Waals surface area contributed by atoms with Crippen LogP contribution >= 0.6 is 27.5 Å². The molecule has 0 aliphatic rings. The van der Waals surface area contributed by atoms with Crippen molar-refractivity contribution in [1.29, 1.82) is 0 Å². The van der Waals surface area contributed by atoms with E-state index in [0.29, 0.717) is 10.8 Å². The van der Waals surface area contributed by atoms with Gasteiger partial charge in [0, 0.05) is 10.2 Å². The van der Waals surface area contributed by atoms with Crippen LogP contribution in [0.1, 0.15) is 10.4 Å². The first-order valence-electron chi connectivity index (χ1n) is 5.57. The van der Waals surface area contributed by atoms with Gasteiger partial charge in [-0.25, -0.2) is 9.78 Å². The molecule has 0 saturated carbocycles. The number of benzene rings is 1. The highest BCUT2D eigenvalue weighted by Gasteiger charge is 2.12. The van der Waals surface area contributed by atoms with Gasteiger partial charge in [0.15, 0.2) is 0 Å². The molecule has 0 amide bonds. The number of halogens is 2. The zero-order chi connectivity index (χ0) is 14.7. The largest absolute Gasteiger partial charge is 0.465 e. The summed E-state index contributed by atoms with van der Waals surface area (Å²) in [6.45, 7) is 0. The van der Waals surface area contributed by atoms with Gasteiger partial charge in [0.25, 0.3) is 0 Å². The molecular weight excluding hydrogens is 346 g/mol. The first-order chi connectivity index (χ1) is 9.51. The van der Waals surface area contributed by atoms with Crippen LogP contribution in [0.3, 0.4) is 0 Å². The Morgan fingerprint density at radius 1 is 1.45 bits per heavy atom. The van der Waals surface area contributed by atoms with E-state index in [-0.39, 0.29) is 11.3 Å². The second kappa shape index (κ2) is 6.11. The number of hydrogen-bond donors (Lipinski definition) is 2. The number of nitrogens with zero attached hydrogens (tertiary/aromatic N) is 1. The average molecular weight is 357 g/mol. The highest BCUT2D eigenvalue weighted by Crippen LogP contribution is 2.27. The van der Waals surface area contributed by atoms with E-state index in [1.165, 1.54) is 19.4 Å². The summed E-state index contributed by atoms with van der Waals surface area (Å²) in [5.41, 5.74) is 6.94. The molecule has 1 heterocycles. The van der Waals surface area contributed by atoms with E-state index in [2.05, 4.69) is 31.0 Å². The Kier molecular flexibility index (Phi) is 4.46. The normalized spacial score (nSPS) is 10.2. The van der Waals surface area contributed by atoms with Crippen LogP contribution in [0.25, 0.3) is 0 Å². The van der Waals surface area contributed by atoms with Gasteiger partial charge in [-0.1, -0.05) is 11.6 Å². The standard InChI is InChI=1S/C13H11BrClN3O2/c1-20-13(19)8-5-12(17-6-11(8)16)18-7-2-3-9(14)10(15)4-7/h2-6H,16H2,1H3,(H,17,18). The SMILES string of the molecule is COC(=O)c1cc(Nc2ccc(Br)c(Cl)c2)ncc1N. The molecule has 5 nitrogen and oxygen atoms in total. The fourth-order valence-corrected chi connectivity index (χ4v) is 1.97. The van der Waals surface area contributed by atoms with Crippen molar-refractivity contribution in [3.8, 4) is 0 Å². The molecule has 2 rings (SSSR count). The molecule has 2 aromatic rings. The summed E-state index contributed by atoms with van der Waals surface area (Å²) in [4.78, 5) is 15.7. The number of anilines is 3. The van der Waals surface area contributed by atoms with Gasteiger partial charge in [-0.15, -0.1) is 0 Å². The zero-order valence-electron chi connectivity index (χ0n) is 10.5. The van der Waals surface area contributed by atoms with E-state index in [4.69, 9.17) is 17.3 Å². The smallest absolute Gasteiger partial charge is 0.340 e. The molecule has 20 heavy (non-hydrogen) atoms. The van der Waals surface area contributed by atoms with Crippen molar-refractivity contribution >= 4 is 50.7 Å². The van der Waals surface area contributed by atoms with E-state index < -0.39 is 5.97 Å². The molecule has 0 aliphatic carbocycles. The van der Waals surface area contributed by atoms with Gasteiger partial charge in [-0.3, -0.25) is 0 Å². The van der Waals surface area contributed by atoms with Crippen molar-refractivity contribution in [2.45, 2.75) is 0 Å². The third-order valence-corrected chi connectivity index (χ3v) is 3.76. The second-order valence-corrected chi connectivity index (χ2v) is 5.16. The number of carbonyl (C=O) groups is 1. The van der Waals surface area contributed by atoms with Crippen LogP contribution < -0.4 is 11.1 Å². The lowest BCUT2D eigenvalue weighted by Crippen LogP contribution is -2.07. The number of hydrogen-bond acceptors (Lipinski definition) is 5. The minimum atomic E-state index is -0.512. The third-order valence-electron chi connectivity index (χ3n) is 2.53. The molecule has 3 N–H and O–H groups in total. The lowest BCUT2D eigenvalue weighted by Gasteiger charge is -2.09. The van der Waals surface area contributed by atoms with Crippen LogP contribution in [-0.4, -0.2) is 18.1 Å². The summed E-state index contributed by atoms with van der Waals surface area (Å²) in [5.74, 6) is -0.0419. The first kappa shape index (κ1) is 14.6. The van der Waals surface area contributed by atoms with Crippen LogP contribution in [0.2, 0.25) is 5.02 Å². The number of ether oxygens (including phenoxy) is 1. The Labute approximate surface area is 129 Å². The maximum atomic E-state index is 11.6. The van der Waals surface area contributed by atoms with Gasteiger partial charge in [0.1, 0.15) is 5.82 Å². The number of nitrogens with two attached hydrogens (primary N) is 1. The number of methoxy groups -OCH3 is 1. The number of nitrogens with one attached hydrogen (secondary N) is 1. The van der Waals surface area contributed by atoms with Crippen LogP contribution in [0, 0.1) is 0 Å². The molecular formula is C13H11BrClN3O2. The summed E-state index contributed by atoms with van der Waals surface area (Å²) in [6.07, 6.45) is 1.40. The number of esters is 1. The maximum absolute atomic E-state index is 11.6. The van der Waals surface area contributed by atoms with Crippen LogP contribution in [-0.2, 0) is 4.74 Å². The predicted octanol–water partition coefficient (Wildman–Crippen LogP) is 3.61. The Morgan fingerprint density at radius 3 is 2.85 bits per heavy atom. The van der Waals surface area contributed by atoms with Crippen molar-refractivity contribution in [2.75, 3.05) is 18.2 Å². The molecule has 1 aromatic carbocycles. The highest BCUT2D eigenvalue weighted by molar-refractivity contribution is 9.10. The molecule has 0 saturated heterocycles. The molecule has 0 aliphatic heterocycles. The van der Waals surface area contributed by atoms with Gasteiger partial charge in [0.05, 0.1) is 29.6 Å². The van der Waals surface area contributed by atoms with Gasteiger partial charge in [-0.2, -0.15) is 0 Å². The fraction of sp³-hybridized carbons (Fsp3) is 0.0769. The summed E-state index contributed by atoms with van der Waals surface area (Å²) in [6, 6.07) is 6.90. The Hall–Kier alpha value is -1.79. The Bertz CT molecular complexity index is 664. The molecule has 0 unspecified atom stereocenters. The molecule has 0 atom stereocenters. The second-order valence-electron chi connectivity index (χ2n) is 3.90. The number of carbonyl (C=O) groups excluding carboxylic acids is 1. The van der Waals surface area contributed by atoms with Crippen molar-refractivity contribution in [2.24, 2.45) is 0 Å². The van der Waals surface area contributed by atoms with Crippen LogP contribution in [0.15, 0.2) is 34.9 Å².